The van der Waals surface area contributed by atoms with E-state index < -0.39 is 18.5 Å². The van der Waals surface area contributed by atoms with Gasteiger partial charge in [0.25, 0.3) is 11.8 Å². The largest absolute Gasteiger partial charge is 0.455 e. The summed E-state index contributed by atoms with van der Waals surface area (Å²) in [5, 5.41) is 3.27. The minimum atomic E-state index is -0.466. The summed E-state index contributed by atoms with van der Waals surface area (Å²) in [5.41, 5.74) is 1.66. The number of anilines is 2. The summed E-state index contributed by atoms with van der Waals surface area (Å²) in [6, 6.07) is 13.6. The van der Waals surface area contributed by atoms with E-state index in [0.29, 0.717) is 47.9 Å². The summed E-state index contributed by atoms with van der Waals surface area (Å²) in [7, 11) is 0. The van der Waals surface area contributed by atoms with Crippen LogP contribution in [0.2, 0.25) is 5.02 Å². The van der Waals surface area contributed by atoms with Crippen molar-refractivity contribution >= 4 is 46.7 Å². The lowest BCUT2D eigenvalue weighted by Gasteiger charge is -2.31. The molecule has 1 N–H and O–H groups in total. The number of piperidine rings is 1. The molecule has 0 radical (unpaired) electrons. The smallest absolute Gasteiger partial charge is 0.309 e. The Morgan fingerprint density at radius 3 is 2.44 bits per heavy atom. The van der Waals surface area contributed by atoms with E-state index in [4.69, 9.17) is 16.3 Å². The lowest BCUT2D eigenvalue weighted by Crippen LogP contribution is -2.44. The molecule has 0 aromatic heterocycles. The highest BCUT2D eigenvalue weighted by atomic mass is 35.5. The van der Waals surface area contributed by atoms with Crippen LogP contribution in [-0.2, 0) is 19.1 Å². The maximum Gasteiger partial charge on any atom is 0.309 e. The van der Waals surface area contributed by atoms with Crippen LogP contribution in [0.25, 0.3) is 0 Å². The van der Waals surface area contributed by atoms with Gasteiger partial charge in [-0.3, -0.25) is 24.1 Å². The minimum absolute atomic E-state index is 0.106. The van der Waals surface area contributed by atoms with Crippen molar-refractivity contribution in [2.75, 3.05) is 36.5 Å². The molecular weight excluding hydrogens is 434 g/mol. The molecule has 4 rings (SSSR count). The zero-order chi connectivity index (χ0) is 22.7. The number of likely N-dealkylation sites (tertiary alicyclic amines) is 1. The standard InChI is InChI=1S/C23H22ClN3O5/c24-17-7-5-15(6-8-17)22(30)26-11-9-16(10-12-26)23(31)32-14-21(29)27-13-20(28)25-18-3-1-2-4-19(18)27/h1-8,16H,9-14H2,(H,25,28). The van der Waals surface area contributed by atoms with Gasteiger partial charge in [-0.2, -0.15) is 0 Å². The number of nitrogens with one attached hydrogen (secondary N) is 1. The van der Waals surface area contributed by atoms with Crippen LogP contribution in [0.15, 0.2) is 48.5 Å². The molecule has 8 nitrogen and oxygen atoms in total. The van der Waals surface area contributed by atoms with Crippen LogP contribution >= 0.6 is 11.6 Å². The average molecular weight is 456 g/mol. The Morgan fingerprint density at radius 1 is 1.03 bits per heavy atom. The first-order valence-electron chi connectivity index (χ1n) is 10.3. The third kappa shape index (κ3) is 4.75. The zero-order valence-corrected chi connectivity index (χ0v) is 18.0. The zero-order valence-electron chi connectivity index (χ0n) is 17.3. The number of esters is 1. The van der Waals surface area contributed by atoms with Crippen molar-refractivity contribution in [3.05, 3.63) is 59.1 Å². The van der Waals surface area contributed by atoms with Gasteiger partial charge in [0.05, 0.1) is 17.3 Å². The second kappa shape index (κ2) is 9.40. The van der Waals surface area contributed by atoms with Crippen molar-refractivity contribution in [3.63, 3.8) is 0 Å². The fraction of sp³-hybridized carbons (Fsp3) is 0.304. The predicted molar refractivity (Wildman–Crippen MR) is 118 cm³/mol. The topological polar surface area (TPSA) is 96.0 Å². The number of para-hydroxylation sites is 2. The predicted octanol–water partition coefficient (Wildman–Crippen LogP) is 2.72. The molecule has 3 amide bonds. The van der Waals surface area contributed by atoms with Gasteiger partial charge in [-0.25, -0.2) is 0 Å². The number of benzene rings is 2. The monoisotopic (exact) mass is 455 g/mol. The molecule has 1 fully saturated rings. The number of fused-ring (bicyclic) bond motifs is 1. The van der Waals surface area contributed by atoms with E-state index in [1.807, 2.05) is 0 Å². The second-order valence-corrected chi connectivity index (χ2v) is 8.16. The van der Waals surface area contributed by atoms with Crippen molar-refractivity contribution in [1.29, 1.82) is 0 Å². The highest BCUT2D eigenvalue weighted by molar-refractivity contribution is 6.30. The maximum atomic E-state index is 12.6. The number of ether oxygens (including phenoxy) is 1. The summed E-state index contributed by atoms with van der Waals surface area (Å²) in [4.78, 5) is 52.6. The summed E-state index contributed by atoms with van der Waals surface area (Å²) in [6.07, 6.45) is 0.919. The van der Waals surface area contributed by atoms with Gasteiger partial charge in [0.15, 0.2) is 6.61 Å². The number of hydrogen-bond acceptors (Lipinski definition) is 5. The number of carbonyl (C=O) groups is 4. The summed E-state index contributed by atoms with van der Waals surface area (Å²) in [5.74, 6) is -1.72. The lowest BCUT2D eigenvalue weighted by atomic mass is 9.96. The molecule has 2 heterocycles. The molecule has 0 saturated carbocycles. The Morgan fingerprint density at radius 2 is 1.72 bits per heavy atom. The van der Waals surface area contributed by atoms with Gasteiger partial charge >= 0.3 is 5.97 Å². The van der Waals surface area contributed by atoms with Crippen molar-refractivity contribution in [1.82, 2.24) is 4.90 Å². The molecule has 166 valence electrons. The molecule has 32 heavy (non-hydrogen) atoms. The fourth-order valence-corrected chi connectivity index (χ4v) is 4.00. The third-order valence-electron chi connectivity index (χ3n) is 5.62. The van der Waals surface area contributed by atoms with E-state index in [1.165, 1.54) is 4.90 Å². The van der Waals surface area contributed by atoms with Crippen LogP contribution in [-0.4, -0.2) is 54.8 Å². The number of hydrogen-bond donors (Lipinski definition) is 1. The first kappa shape index (κ1) is 21.8. The normalized spacial score (nSPS) is 16.2. The number of amides is 3. The molecule has 0 unspecified atom stereocenters. The number of nitrogens with zero attached hydrogens (tertiary/aromatic N) is 2. The Balaban J connectivity index is 1.28. The van der Waals surface area contributed by atoms with Crippen LogP contribution in [0.3, 0.4) is 0 Å². The molecule has 9 heteroatoms. The molecule has 0 spiro atoms. The highest BCUT2D eigenvalue weighted by Gasteiger charge is 2.31. The van der Waals surface area contributed by atoms with Gasteiger partial charge in [-0.15, -0.1) is 0 Å². The van der Waals surface area contributed by atoms with Crippen LogP contribution in [0.1, 0.15) is 23.2 Å². The van der Waals surface area contributed by atoms with E-state index in [2.05, 4.69) is 5.32 Å². The van der Waals surface area contributed by atoms with Gasteiger partial charge in [0, 0.05) is 23.7 Å². The third-order valence-corrected chi connectivity index (χ3v) is 5.87. The first-order chi connectivity index (χ1) is 15.4. The van der Waals surface area contributed by atoms with E-state index >= 15 is 0 Å². The number of rotatable bonds is 4. The lowest BCUT2D eigenvalue weighted by molar-refractivity contribution is -0.153. The number of carbonyl (C=O) groups excluding carboxylic acids is 4. The summed E-state index contributed by atoms with van der Waals surface area (Å²) >= 11 is 5.87. The van der Waals surface area contributed by atoms with Crippen LogP contribution in [0.5, 0.6) is 0 Å². The van der Waals surface area contributed by atoms with E-state index in [0.717, 1.165) is 0 Å². The van der Waals surface area contributed by atoms with Gasteiger partial charge in [-0.05, 0) is 49.2 Å². The molecular formula is C23H22ClN3O5. The van der Waals surface area contributed by atoms with Crippen molar-refractivity contribution in [2.45, 2.75) is 12.8 Å². The van der Waals surface area contributed by atoms with Crippen molar-refractivity contribution in [3.8, 4) is 0 Å². The molecule has 2 aliphatic heterocycles. The molecule has 2 aliphatic rings. The van der Waals surface area contributed by atoms with Crippen LogP contribution in [0, 0.1) is 5.92 Å². The Labute approximate surface area is 190 Å². The van der Waals surface area contributed by atoms with E-state index in [9.17, 15) is 19.2 Å². The number of halogens is 1. The molecule has 0 bridgehead atoms. The second-order valence-electron chi connectivity index (χ2n) is 7.73. The van der Waals surface area contributed by atoms with Gasteiger partial charge < -0.3 is 15.0 Å². The average Bonchev–Trinajstić information content (AvgIpc) is 2.82. The molecule has 2 aromatic rings. The fourth-order valence-electron chi connectivity index (χ4n) is 3.88. The van der Waals surface area contributed by atoms with Gasteiger partial charge in [-0.1, -0.05) is 23.7 Å². The summed E-state index contributed by atoms with van der Waals surface area (Å²) < 4.78 is 5.26. The molecule has 1 saturated heterocycles. The first-order valence-corrected chi connectivity index (χ1v) is 10.7. The molecule has 0 atom stereocenters. The Hall–Kier alpha value is -3.39. The minimum Gasteiger partial charge on any atom is -0.455 e. The van der Waals surface area contributed by atoms with Crippen LogP contribution < -0.4 is 10.2 Å². The highest BCUT2D eigenvalue weighted by Crippen LogP contribution is 2.29. The van der Waals surface area contributed by atoms with Gasteiger partial charge in [0.2, 0.25) is 5.91 Å². The van der Waals surface area contributed by atoms with E-state index in [1.54, 1.807) is 53.4 Å². The van der Waals surface area contributed by atoms with Gasteiger partial charge in [0.1, 0.15) is 6.54 Å². The Bertz CT molecular complexity index is 1050. The van der Waals surface area contributed by atoms with E-state index in [-0.39, 0.29) is 24.3 Å². The van der Waals surface area contributed by atoms with Crippen LogP contribution in [0.4, 0.5) is 11.4 Å². The molecule has 0 aliphatic carbocycles. The van der Waals surface area contributed by atoms with Crippen molar-refractivity contribution < 1.29 is 23.9 Å². The summed E-state index contributed by atoms with van der Waals surface area (Å²) in [6.45, 7) is 0.284. The maximum absolute atomic E-state index is 12.6. The SMILES string of the molecule is O=C1CN(C(=O)COC(=O)C2CCN(C(=O)c3ccc(Cl)cc3)CC2)c2ccccc2N1. The quantitative estimate of drug-likeness (QED) is 0.715. The molecule has 2 aromatic carbocycles. The Kier molecular flexibility index (Phi) is 6.41. The van der Waals surface area contributed by atoms with Crippen molar-refractivity contribution in [2.24, 2.45) is 5.92 Å².